The van der Waals surface area contributed by atoms with Crippen LogP contribution in [0.2, 0.25) is 0 Å². The second-order valence-corrected chi connectivity index (χ2v) is 3.71. The maximum absolute atomic E-state index is 10.9. The van der Waals surface area contributed by atoms with Crippen molar-refractivity contribution in [2.75, 3.05) is 5.32 Å². The fourth-order valence-electron chi connectivity index (χ4n) is 1.61. The quantitative estimate of drug-likeness (QED) is 0.492. The van der Waals surface area contributed by atoms with Crippen molar-refractivity contribution in [2.24, 2.45) is 0 Å². The number of carbonyl (C=O) groups is 2. The molecule has 4 nitrogen and oxygen atoms in total. The highest BCUT2D eigenvalue weighted by Gasteiger charge is 2.06. The van der Waals surface area contributed by atoms with Gasteiger partial charge in [-0.1, -0.05) is 36.4 Å². The second-order valence-electron chi connectivity index (χ2n) is 3.71. The number of carbonyl (C=O) groups excluding carboxylic acids is 2. The SMILES string of the molecule is O=CC(=O)Nc1ccc(-c2ccccc2)cc1O. The molecule has 0 heterocycles. The lowest BCUT2D eigenvalue weighted by Crippen LogP contribution is -2.12. The fraction of sp³-hybridized carbons (Fsp3) is 0. The van der Waals surface area contributed by atoms with Gasteiger partial charge in [0.2, 0.25) is 6.29 Å². The van der Waals surface area contributed by atoms with Gasteiger partial charge in [0.15, 0.2) is 0 Å². The molecule has 0 aromatic heterocycles. The van der Waals surface area contributed by atoms with Crippen LogP contribution < -0.4 is 5.32 Å². The number of hydrogen-bond acceptors (Lipinski definition) is 3. The predicted octanol–water partition coefficient (Wildman–Crippen LogP) is 2.20. The van der Waals surface area contributed by atoms with Crippen LogP contribution in [0.1, 0.15) is 0 Å². The lowest BCUT2D eigenvalue weighted by atomic mass is 10.1. The Balaban J connectivity index is 2.30. The normalized spacial score (nSPS) is 9.78. The number of hydrogen-bond donors (Lipinski definition) is 2. The van der Waals surface area contributed by atoms with Crippen LogP contribution >= 0.6 is 0 Å². The van der Waals surface area contributed by atoms with Gasteiger partial charge in [0.25, 0.3) is 5.91 Å². The van der Waals surface area contributed by atoms with Crippen molar-refractivity contribution < 1.29 is 14.7 Å². The molecule has 0 aliphatic rings. The lowest BCUT2D eigenvalue weighted by molar-refractivity contribution is -0.127. The molecule has 18 heavy (non-hydrogen) atoms. The second kappa shape index (κ2) is 5.14. The molecule has 2 N–H and O–H groups in total. The van der Waals surface area contributed by atoms with Crippen molar-refractivity contribution in [3.05, 3.63) is 48.5 Å². The molecule has 2 rings (SSSR count). The fourth-order valence-corrected chi connectivity index (χ4v) is 1.61. The van der Waals surface area contributed by atoms with E-state index in [-0.39, 0.29) is 17.7 Å². The summed E-state index contributed by atoms with van der Waals surface area (Å²) in [5.41, 5.74) is 2.00. The van der Waals surface area contributed by atoms with Crippen LogP contribution in [-0.2, 0) is 9.59 Å². The first kappa shape index (κ1) is 11.9. The Bertz CT molecular complexity index is 579. The highest BCUT2D eigenvalue weighted by molar-refractivity contribution is 6.29. The van der Waals surface area contributed by atoms with Crippen LogP contribution in [0.15, 0.2) is 48.5 Å². The van der Waals surface area contributed by atoms with Gasteiger partial charge in [-0.25, -0.2) is 0 Å². The molecule has 0 radical (unpaired) electrons. The molecule has 0 atom stereocenters. The third-order valence-corrected chi connectivity index (χ3v) is 2.47. The van der Waals surface area contributed by atoms with Gasteiger partial charge in [0.05, 0.1) is 5.69 Å². The summed E-state index contributed by atoms with van der Waals surface area (Å²) in [6.07, 6.45) is 0.157. The Hall–Kier alpha value is -2.62. The van der Waals surface area contributed by atoms with Gasteiger partial charge in [-0.3, -0.25) is 9.59 Å². The minimum atomic E-state index is -0.794. The summed E-state index contributed by atoms with van der Waals surface area (Å²) in [4.78, 5) is 21.1. The molecule has 0 unspecified atom stereocenters. The van der Waals surface area contributed by atoms with Crippen LogP contribution in [0.25, 0.3) is 11.1 Å². The average Bonchev–Trinajstić information content (AvgIpc) is 2.42. The Morgan fingerprint density at radius 3 is 2.39 bits per heavy atom. The number of amides is 1. The van der Waals surface area contributed by atoms with Crippen molar-refractivity contribution in [1.29, 1.82) is 0 Å². The average molecular weight is 241 g/mol. The summed E-state index contributed by atoms with van der Waals surface area (Å²) >= 11 is 0. The standard InChI is InChI=1S/C14H11NO3/c16-9-14(18)15-12-7-6-11(8-13(12)17)10-4-2-1-3-5-10/h1-9,17H,(H,15,18). The summed E-state index contributed by atoms with van der Waals surface area (Å²) in [5.74, 6) is -0.871. The first-order valence-electron chi connectivity index (χ1n) is 5.35. The molecule has 0 bridgehead atoms. The van der Waals surface area contributed by atoms with Crippen molar-refractivity contribution in [1.82, 2.24) is 0 Å². The van der Waals surface area contributed by atoms with Crippen LogP contribution in [-0.4, -0.2) is 17.3 Å². The number of benzene rings is 2. The molecule has 0 saturated carbocycles. The predicted molar refractivity (Wildman–Crippen MR) is 68.2 cm³/mol. The van der Waals surface area contributed by atoms with Crippen LogP contribution in [0.4, 0.5) is 5.69 Å². The molecule has 0 aliphatic carbocycles. The summed E-state index contributed by atoms with van der Waals surface area (Å²) in [6.45, 7) is 0. The Kier molecular flexibility index (Phi) is 3.38. The largest absolute Gasteiger partial charge is 0.506 e. The zero-order valence-electron chi connectivity index (χ0n) is 9.46. The monoisotopic (exact) mass is 241 g/mol. The van der Waals surface area contributed by atoms with E-state index >= 15 is 0 Å². The van der Waals surface area contributed by atoms with Gasteiger partial charge in [-0.2, -0.15) is 0 Å². The molecular formula is C14H11NO3. The number of nitrogens with one attached hydrogen (secondary N) is 1. The topological polar surface area (TPSA) is 66.4 Å². The van der Waals surface area contributed by atoms with Gasteiger partial charge in [0, 0.05) is 0 Å². The van der Waals surface area contributed by atoms with Crippen LogP contribution in [0.3, 0.4) is 0 Å². The molecule has 1 amide bonds. The minimum Gasteiger partial charge on any atom is -0.506 e. The third-order valence-electron chi connectivity index (χ3n) is 2.47. The molecule has 90 valence electrons. The Morgan fingerprint density at radius 1 is 1.06 bits per heavy atom. The zero-order chi connectivity index (χ0) is 13.0. The van der Waals surface area contributed by atoms with Crippen molar-refractivity contribution in [3.63, 3.8) is 0 Å². The van der Waals surface area contributed by atoms with E-state index in [1.54, 1.807) is 12.1 Å². The number of anilines is 1. The maximum atomic E-state index is 10.9. The number of aromatic hydroxyl groups is 1. The Morgan fingerprint density at radius 2 is 1.78 bits per heavy atom. The van der Waals surface area contributed by atoms with Gasteiger partial charge in [0.1, 0.15) is 5.75 Å². The van der Waals surface area contributed by atoms with Gasteiger partial charge < -0.3 is 10.4 Å². The van der Waals surface area contributed by atoms with E-state index in [2.05, 4.69) is 5.32 Å². The summed E-state index contributed by atoms with van der Waals surface area (Å²) in [7, 11) is 0. The molecule has 4 heteroatoms. The molecule has 0 spiro atoms. The van der Waals surface area contributed by atoms with E-state index in [4.69, 9.17) is 0 Å². The van der Waals surface area contributed by atoms with Gasteiger partial charge in [-0.15, -0.1) is 0 Å². The molecular weight excluding hydrogens is 230 g/mol. The van der Waals surface area contributed by atoms with E-state index in [0.717, 1.165) is 11.1 Å². The number of aldehydes is 1. The smallest absolute Gasteiger partial charge is 0.288 e. The van der Waals surface area contributed by atoms with Crippen LogP contribution in [0.5, 0.6) is 5.75 Å². The molecule has 0 fully saturated rings. The van der Waals surface area contributed by atoms with Crippen molar-refractivity contribution in [2.45, 2.75) is 0 Å². The Labute approximate surface area is 104 Å². The number of rotatable bonds is 3. The molecule has 0 saturated heterocycles. The number of phenolic OH excluding ortho intramolecular Hbond substituents is 1. The highest BCUT2D eigenvalue weighted by atomic mass is 16.3. The molecule has 0 aliphatic heterocycles. The van der Waals surface area contributed by atoms with Crippen molar-refractivity contribution in [3.8, 4) is 16.9 Å². The summed E-state index contributed by atoms with van der Waals surface area (Å²) in [5, 5.41) is 12.0. The van der Waals surface area contributed by atoms with E-state index < -0.39 is 5.91 Å². The lowest BCUT2D eigenvalue weighted by Gasteiger charge is -2.07. The maximum Gasteiger partial charge on any atom is 0.288 e. The van der Waals surface area contributed by atoms with Gasteiger partial charge in [-0.05, 0) is 23.3 Å². The van der Waals surface area contributed by atoms with E-state index in [9.17, 15) is 14.7 Å². The van der Waals surface area contributed by atoms with Crippen LogP contribution in [0, 0.1) is 0 Å². The third kappa shape index (κ3) is 2.55. The first-order chi connectivity index (χ1) is 8.70. The molecule has 2 aromatic carbocycles. The van der Waals surface area contributed by atoms with Crippen molar-refractivity contribution >= 4 is 17.9 Å². The molecule has 2 aromatic rings. The minimum absolute atomic E-state index is 0.0773. The first-order valence-corrected chi connectivity index (χ1v) is 5.35. The zero-order valence-corrected chi connectivity index (χ0v) is 9.46. The van der Waals surface area contributed by atoms with E-state index in [1.807, 2.05) is 30.3 Å². The van der Waals surface area contributed by atoms with E-state index in [0.29, 0.717) is 0 Å². The number of phenols is 1. The summed E-state index contributed by atoms with van der Waals surface area (Å²) < 4.78 is 0. The highest BCUT2D eigenvalue weighted by Crippen LogP contribution is 2.29. The van der Waals surface area contributed by atoms with E-state index in [1.165, 1.54) is 6.07 Å². The van der Waals surface area contributed by atoms with Gasteiger partial charge >= 0.3 is 0 Å². The summed E-state index contributed by atoms with van der Waals surface area (Å²) in [6, 6.07) is 14.4.